The van der Waals surface area contributed by atoms with Crippen LogP contribution in [0.25, 0.3) is 49.0 Å². The van der Waals surface area contributed by atoms with Crippen LogP contribution in [0.4, 0.5) is 4.39 Å². The monoisotopic (exact) mass is 407 g/mol. The summed E-state index contributed by atoms with van der Waals surface area (Å²) in [6.45, 7) is 2.17. The number of aromatic nitrogens is 2. The standard InChI is InChI=1S/C28H24FN2/c1-16-10-11-20-26-21(29)8-5-9-22(26)31-23-15-19(17-6-3-4-7-17)14-18-12-13-30(2)28(25(18)23)24(16)27(20)31/h5,8-15,17H,3-4,6-7H2,1-2H3/q+1. The molecule has 0 spiro atoms. The van der Waals surface area contributed by atoms with Gasteiger partial charge in [0.2, 0.25) is 5.52 Å². The van der Waals surface area contributed by atoms with Crippen molar-refractivity contribution >= 4 is 49.0 Å². The summed E-state index contributed by atoms with van der Waals surface area (Å²) in [6, 6.07) is 16.8. The quantitative estimate of drug-likeness (QED) is 0.159. The molecule has 6 aromatic rings. The molecule has 0 bridgehead atoms. The first kappa shape index (κ1) is 17.5. The Kier molecular flexibility index (Phi) is 3.35. The van der Waals surface area contributed by atoms with Gasteiger partial charge in [-0.05, 0) is 60.4 Å². The van der Waals surface area contributed by atoms with Gasteiger partial charge in [0.15, 0.2) is 6.20 Å². The lowest BCUT2D eigenvalue weighted by Crippen LogP contribution is -2.29. The second kappa shape index (κ2) is 5.94. The SMILES string of the molecule is Cc1ccc2c3c(F)cccc3n3c4cc(C5CCCC5)cc5cc[n+](C)c(c1c23)c54. The number of fused-ring (bicyclic) bond motifs is 5. The molecule has 31 heavy (non-hydrogen) atoms. The summed E-state index contributed by atoms with van der Waals surface area (Å²) in [5.74, 6) is 0.487. The first-order valence-electron chi connectivity index (χ1n) is 11.3. The van der Waals surface area contributed by atoms with Gasteiger partial charge in [-0.25, -0.2) is 8.96 Å². The van der Waals surface area contributed by atoms with E-state index in [0.717, 1.165) is 21.8 Å². The summed E-state index contributed by atoms with van der Waals surface area (Å²) in [5, 5.41) is 5.52. The maximum absolute atomic E-state index is 15.1. The Morgan fingerprint density at radius 2 is 1.77 bits per heavy atom. The number of aryl methyl sites for hydroxylation is 2. The van der Waals surface area contributed by atoms with E-state index >= 15 is 4.39 Å². The second-order valence-electron chi connectivity index (χ2n) is 9.38. The van der Waals surface area contributed by atoms with Crippen molar-refractivity contribution < 1.29 is 8.96 Å². The third kappa shape index (κ3) is 2.14. The van der Waals surface area contributed by atoms with Crippen molar-refractivity contribution in [3.05, 3.63) is 71.7 Å². The van der Waals surface area contributed by atoms with Crippen LogP contribution in [-0.4, -0.2) is 4.40 Å². The highest BCUT2D eigenvalue weighted by Crippen LogP contribution is 2.43. The van der Waals surface area contributed by atoms with E-state index in [-0.39, 0.29) is 5.82 Å². The van der Waals surface area contributed by atoms with Gasteiger partial charge in [0.25, 0.3) is 0 Å². The molecular formula is C28H24FN2+. The Bertz CT molecular complexity index is 1670. The van der Waals surface area contributed by atoms with Gasteiger partial charge in [0.05, 0.1) is 27.3 Å². The van der Waals surface area contributed by atoms with Crippen LogP contribution in [-0.2, 0) is 7.05 Å². The fourth-order valence-corrected chi connectivity index (χ4v) is 6.24. The lowest BCUT2D eigenvalue weighted by atomic mass is 9.92. The molecule has 7 rings (SSSR count). The van der Waals surface area contributed by atoms with Gasteiger partial charge < -0.3 is 4.40 Å². The summed E-state index contributed by atoms with van der Waals surface area (Å²) in [7, 11) is 2.13. The molecule has 1 fully saturated rings. The summed E-state index contributed by atoms with van der Waals surface area (Å²) >= 11 is 0. The van der Waals surface area contributed by atoms with Gasteiger partial charge in [-0.2, -0.15) is 0 Å². The van der Waals surface area contributed by atoms with Crippen LogP contribution in [0.3, 0.4) is 0 Å². The molecule has 0 N–H and O–H groups in total. The van der Waals surface area contributed by atoms with Crippen LogP contribution < -0.4 is 4.57 Å². The van der Waals surface area contributed by atoms with Crippen LogP contribution in [0.5, 0.6) is 0 Å². The second-order valence-corrected chi connectivity index (χ2v) is 9.38. The first-order chi connectivity index (χ1) is 15.1. The van der Waals surface area contributed by atoms with Crippen molar-refractivity contribution in [2.75, 3.05) is 0 Å². The van der Waals surface area contributed by atoms with Gasteiger partial charge in [0.1, 0.15) is 12.9 Å². The molecule has 0 saturated heterocycles. The van der Waals surface area contributed by atoms with Crippen LogP contribution in [0.15, 0.2) is 54.7 Å². The fraction of sp³-hybridized carbons (Fsp3) is 0.250. The topological polar surface area (TPSA) is 8.29 Å². The number of rotatable bonds is 1. The normalized spacial score (nSPS) is 15.6. The Morgan fingerprint density at radius 3 is 2.61 bits per heavy atom. The fourth-order valence-electron chi connectivity index (χ4n) is 6.24. The number of hydrogen-bond donors (Lipinski definition) is 0. The average Bonchev–Trinajstić information content (AvgIpc) is 3.41. The predicted molar refractivity (Wildman–Crippen MR) is 126 cm³/mol. The van der Waals surface area contributed by atoms with E-state index < -0.39 is 0 Å². The molecule has 3 aromatic heterocycles. The zero-order valence-corrected chi connectivity index (χ0v) is 17.9. The average molecular weight is 408 g/mol. The van der Waals surface area contributed by atoms with Gasteiger partial charge in [-0.3, -0.25) is 0 Å². The van der Waals surface area contributed by atoms with Crippen molar-refractivity contribution in [3.8, 4) is 0 Å². The van der Waals surface area contributed by atoms with E-state index in [0.29, 0.717) is 5.92 Å². The number of benzene rings is 3. The molecular weight excluding hydrogens is 383 g/mol. The summed E-state index contributed by atoms with van der Waals surface area (Å²) < 4.78 is 19.7. The lowest BCUT2D eigenvalue weighted by molar-refractivity contribution is -0.643. The molecule has 2 nitrogen and oxygen atoms in total. The highest BCUT2D eigenvalue weighted by Gasteiger charge is 2.26. The smallest absolute Gasteiger partial charge is 0.224 e. The van der Waals surface area contributed by atoms with Crippen LogP contribution in [0.2, 0.25) is 0 Å². The molecule has 0 atom stereocenters. The maximum Gasteiger partial charge on any atom is 0.224 e. The Hall–Kier alpha value is -3.20. The summed E-state index contributed by atoms with van der Waals surface area (Å²) in [6.07, 6.45) is 7.35. The van der Waals surface area contributed by atoms with Gasteiger partial charge in [0, 0.05) is 16.8 Å². The largest absolute Gasteiger partial charge is 0.307 e. The molecule has 152 valence electrons. The minimum absolute atomic E-state index is 0.144. The lowest BCUT2D eigenvalue weighted by Gasteiger charge is -2.16. The summed E-state index contributed by atoms with van der Waals surface area (Å²) in [4.78, 5) is 0. The Morgan fingerprint density at radius 1 is 0.935 bits per heavy atom. The van der Waals surface area contributed by atoms with E-state index in [9.17, 15) is 0 Å². The van der Waals surface area contributed by atoms with E-state index in [4.69, 9.17) is 0 Å². The molecule has 0 radical (unpaired) electrons. The molecule has 3 aromatic carbocycles. The summed E-state index contributed by atoms with van der Waals surface area (Å²) in [5.41, 5.74) is 7.20. The molecule has 3 heterocycles. The highest BCUT2D eigenvalue weighted by atomic mass is 19.1. The third-order valence-electron chi connectivity index (χ3n) is 7.65. The van der Waals surface area contributed by atoms with E-state index in [1.165, 1.54) is 64.0 Å². The van der Waals surface area contributed by atoms with Crippen LogP contribution in [0.1, 0.15) is 42.7 Å². The van der Waals surface area contributed by atoms with Crippen molar-refractivity contribution in [1.29, 1.82) is 0 Å². The van der Waals surface area contributed by atoms with Crippen LogP contribution in [0, 0.1) is 12.7 Å². The third-order valence-corrected chi connectivity index (χ3v) is 7.65. The Balaban J connectivity index is 1.84. The van der Waals surface area contributed by atoms with Crippen molar-refractivity contribution in [2.45, 2.75) is 38.5 Å². The van der Waals surface area contributed by atoms with Crippen LogP contribution >= 0.6 is 0 Å². The zero-order valence-electron chi connectivity index (χ0n) is 17.9. The maximum atomic E-state index is 15.1. The number of hydrogen-bond acceptors (Lipinski definition) is 0. The van der Waals surface area contributed by atoms with Gasteiger partial charge in [-0.15, -0.1) is 0 Å². The molecule has 1 saturated carbocycles. The zero-order chi connectivity index (χ0) is 20.9. The van der Waals surface area contributed by atoms with Crippen molar-refractivity contribution in [1.82, 2.24) is 4.40 Å². The molecule has 0 unspecified atom stereocenters. The van der Waals surface area contributed by atoms with E-state index in [2.05, 4.69) is 65.5 Å². The predicted octanol–water partition coefficient (Wildman–Crippen LogP) is 6.92. The minimum Gasteiger partial charge on any atom is -0.307 e. The van der Waals surface area contributed by atoms with Crippen molar-refractivity contribution in [3.63, 3.8) is 0 Å². The minimum atomic E-state index is -0.144. The van der Waals surface area contributed by atoms with Gasteiger partial charge >= 0.3 is 0 Å². The number of pyridine rings is 2. The molecule has 3 heteroatoms. The first-order valence-corrected chi connectivity index (χ1v) is 11.3. The van der Waals surface area contributed by atoms with E-state index in [1.807, 2.05) is 6.07 Å². The molecule has 0 aliphatic heterocycles. The number of nitrogens with zero attached hydrogens (tertiary/aromatic N) is 2. The van der Waals surface area contributed by atoms with Crippen molar-refractivity contribution in [2.24, 2.45) is 7.05 Å². The number of halogens is 1. The Labute approximate surface area is 179 Å². The van der Waals surface area contributed by atoms with E-state index in [1.54, 1.807) is 6.07 Å². The highest BCUT2D eigenvalue weighted by molar-refractivity contribution is 6.25. The van der Waals surface area contributed by atoms with Gasteiger partial charge in [-0.1, -0.05) is 37.1 Å². The molecule has 1 aliphatic carbocycles. The molecule has 1 aliphatic rings. The molecule has 0 amide bonds.